The Morgan fingerprint density at radius 3 is 2.37 bits per heavy atom. The van der Waals surface area contributed by atoms with E-state index in [9.17, 15) is 15.0 Å². The SMILES string of the molecule is O=C(c1ccc(-c2ccccc2Cl)c2ccccc12)N1C[C@H](CO)[C@@H](O)C1. The summed E-state index contributed by atoms with van der Waals surface area (Å²) < 4.78 is 0. The number of hydrogen-bond acceptors (Lipinski definition) is 3. The van der Waals surface area contributed by atoms with E-state index in [1.54, 1.807) is 4.90 Å². The normalized spacial score (nSPS) is 19.6. The van der Waals surface area contributed by atoms with Gasteiger partial charge in [0.05, 0.1) is 12.7 Å². The number of hydrogen-bond donors (Lipinski definition) is 2. The number of likely N-dealkylation sites (tertiary alicyclic amines) is 1. The van der Waals surface area contributed by atoms with Crippen LogP contribution in [0.5, 0.6) is 0 Å². The monoisotopic (exact) mass is 381 g/mol. The molecule has 0 radical (unpaired) electrons. The number of amides is 1. The van der Waals surface area contributed by atoms with Crippen LogP contribution in [-0.2, 0) is 0 Å². The molecule has 27 heavy (non-hydrogen) atoms. The van der Waals surface area contributed by atoms with E-state index in [0.29, 0.717) is 17.1 Å². The fourth-order valence-corrected chi connectivity index (χ4v) is 4.01. The highest BCUT2D eigenvalue weighted by molar-refractivity contribution is 6.33. The molecule has 1 heterocycles. The van der Waals surface area contributed by atoms with Gasteiger partial charge in [0.1, 0.15) is 0 Å². The molecule has 0 spiro atoms. The molecule has 1 aliphatic rings. The summed E-state index contributed by atoms with van der Waals surface area (Å²) in [5.41, 5.74) is 2.49. The number of carbonyl (C=O) groups is 1. The predicted octanol–water partition coefficient (Wildman–Crippen LogP) is 3.59. The molecule has 0 saturated carbocycles. The van der Waals surface area contributed by atoms with Crippen molar-refractivity contribution in [2.24, 2.45) is 5.92 Å². The van der Waals surface area contributed by atoms with E-state index in [2.05, 4.69) is 0 Å². The summed E-state index contributed by atoms with van der Waals surface area (Å²) in [4.78, 5) is 14.7. The van der Waals surface area contributed by atoms with Gasteiger partial charge in [0.2, 0.25) is 0 Å². The molecule has 2 atom stereocenters. The van der Waals surface area contributed by atoms with Crippen LogP contribution >= 0.6 is 11.6 Å². The van der Waals surface area contributed by atoms with Crippen LogP contribution in [0.15, 0.2) is 60.7 Å². The third kappa shape index (κ3) is 3.21. The number of fused-ring (bicyclic) bond motifs is 1. The van der Waals surface area contributed by atoms with Gasteiger partial charge >= 0.3 is 0 Å². The summed E-state index contributed by atoms with van der Waals surface area (Å²) in [5, 5.41) is 21.8. The number of benzene rings is 3. The minimum atomic E-state index is -0.687. The van der Waals surface area contributed by atoms with Crippen LogP contribution in [0.4, 0.5) is 0 Å². The second-order valence-electron chi connectivity index (χ2n) is 6.91. The van der Waals surface area contributed by atoms with Gasteiger partial charge in [-0.05, 0) is 28.5 Å². The first kappa shape index (κ1) is 18.0. The van der Waals surface area contributed by atoms with E-state index in [0.717, 1.165) is 21.9 Å². The maximum absolute atomic E-state index is 13.1. The Hall–Kier alpha value is -2.40. The lowest BCUT2D eigenvalue weighted by Gasteiger charge is -2.18. The number of aliphatic hydroxyl groups is 2. The molecule has 3 aromatic carbocycles. The number of rotatable bonds is 3. The zero-order chi connectivity index (χ0) is 19.0. The molecule has 138 valence electrons. The lowest BCUT2D eigenvalue weighted by molar-refractivity contribution is 0.0765. The Bertz CT molecular complexity index is 1000. The standard InChI is InChI=1S/C22H20ClNO3/c23-20-8-4-3-7-18(20)17-9-10-19(16-6-2-1-5-15(16)17)22(27)24-11-14(13-25)21(26)12-24/h1-10,14,21,25-26H,11-13H2/t14-,21+/m1/s1. The van der Waals surface area contributed by atoms with Gasteiger partial charge in [-0.25, -0.2) is 0 Å². The van der Waals surface area contributed by atoms with Crippen LogP contribution < -0.4 is 0 Å². The average Bonchev–Trinajstić information content (AvgIpc) is 3.08. The van der Waals surface area contributed by atoms with E-state index in [4.69, 9.17) is 11.6 Å². The van der Waals surface area contributed by atoms with Gasteiger partial charge < -0.3 is 15.1 Å². The van der Waals surface area contributed by atoms with Crippen molar-refractivity contribution >= 4 is 28.3 Å². The topological polar surface area (TPSA) is 60.8 Å². The third-order valence-corrected chi connectivity index (χ3v) is 5.58. The molecule has 0 unspecified atom stereocenters. The molecule has 0 aliphatic carbocycles. The second kappa shape index (κ2) is 7.31. The number of carbonyl (C=O) groups excluding carboxylic acids is 1. The van der Waals surface area contributed by atoms with Crippen LogP contribution in [0, 0.1) is 5.92 Å². The number of β-amino-alcohol motifs (C(OH)–C–C–N with tert-alkyl or cyclic N) is 1. The molecule has 3 aromatic rings. The summed E-state index contributed by atoms with van der Waals surface area (Å²) in [6.07, 6.45) is -0.687. The lowest BCUT2D eigenvalue weighted by atomic mass is 9.94. The Kier molecular flexibility index (Phi) is 4.87. The first-order valence-corrected chi connectivity index (χ1v) is 9.33. The molecule has 1 fully saturated rings. The van der Waals surface area contributed by atoms with E-state index in [1.165, 1.54) is 0 Å². The van der Waals surface area contributed by atoms with Crippen molar-refractivity contribution in [1.29, 1.82) is 0 Å². The Morgan fingerprint density at radius 2 is 1.67 bits per heavy atom. The zero-order valence-electron chi connectivity index (χ0n) is 14.7. The summed E-state index contributed by atoms with van der Waals surface area (Å²) in [7, 11) is 0. The van der Waals surface area contributed by atoms with E-state index in [1.807, 2.05) is 60.7 Å². The highest BCUT2D eigenvalue weighted by Gasteiger charge is 2.34. The van der Waals surface area contributed by atoms with Crippen molar-refractivity contribution in [2.45, 2.75) is 6.10 Å². The van der Waals surface area contributed by atoms with Gasteiger partial charge in [-0.1, -0.05) is 60.1 Å². The Balaban J connectivity index is 1.79. The quantitative estimate of drug-likeness (QED) is 0.729. The van der Waals surface area contributed by atoms with Gasteiger partial charge in [0.15, 0.2) is 0 Å². The van der Waals surface area contributed by atoms with Gasteiger partial charge in [0.25, 0.3) is 5.91 Å². The summed E-state index contributed by atoms with van der Waals surface area (Å²) >= 11 is 6.39. The molecular formula is C22H20ClNO3. The third-order valence-electron chi connectivity index (χ3n) is 5.25. The Labute approximate surface area is 162 Å². The van der Waals surface area contributed by atoms with Gasteiger partial charge in [-0.2, -0.15) is 0 Å². The fraction of sp³-hybridized carbons (Fsp3) is 0.227. The molecule has 1 aliphatic heterocycles. The van der Waals surface area contributed by atoms with E-state index in [-0.39, 0.29) is 25.0 Å². The van der Waals surface area contributed by atoms with Crippen molar-refractivity contribution in [3.63, 3.8) is 0 Å². The highest BCUT2D eigenvalue weighted by Crippen LogP contribution is 2.35. The highest BCUT2D eigenvalue weighted by atomic mass is 35.5. The maximum atomic E-state index is 13.1. The number of halogens is 1. The van der Waals surface area contributed by atoms with E-state index >= 15 is 0 Å². The van der Waals surface area contributed by atoms with Gasteiger partial charge in [-0.3, -0.25) is 4.79 Å². The lowest BCUT2D eigenvalue weighted by Crippen LogP contribution is -2.29. The van der Waals surface area contributed by atoms with Gasteiger partial charge in [0, 0.05) is 35.2 Å². The Morgan fingerprint density at radius 1 is 0.963 bits per heavy atom. The first-order valence-electron chi connectivity index (χ1n) is 8.95. The minimum Gasteiger partial charge on any atom is -0.396 e. The smallest absolute Gasteiger partial charge is 0.254 e. The van der Waals surface area contributed by atoms with Crippen LogP contribution in [0.3, 0.4) is 0 Å². The molecule has 1 saturated heterocycles. The molecule has 0 aromatic heterocycles. The van der Waals surface area contributed by atoms with Crippen LogP contribution in [-0.4, -0.2) is 46.8 Å². The van der Waals surface area contributed by atoms with Crippen molar-refractivity contribution in [1.82, 2.24) is 4.90 Å². The first-order chi connectivity index (χ1) is 13.1. The van der Waals surface area contributed by atoms with Gasteiger partial charge in [-0.15, -0.1) is 0 Å². The van der Waals surface area contributed by atoms with Crippen LogP contribution in [0.25, 0.3) is 21.9 Å². The van der Waals surface area contributed by atoms with Crippen molar-refractivity contribution in [2.75, 3.05) is 19.7 Å². The minimum absolute atomic E-state index is 0.128. The predicted molar refractivity (Wildman–Crippen MR) is 107 cm³/mol. The van der Waals surface area contributed by atoms with E-state index < -0.39 is 6.10 Å². The van der Waals surface area contributed by atoms with Crippen LogP contribution in [0.1, 0.15) is 10.4 Å². The molecule has 5 heteroatoms. The fourth-order valence-electron chi connectivity index (χ4n) is 3.77. The molecule has 0 bridgehead atoms. The summed E-state index contributed by atoms with van der Waals surface area (Å²) in [6.45, 7) is 0.471. The van der Waals surface area contributed by atoms with Crippen LogP contribution in [0.2, 0.25) is 5.02 Å². The summed E-state index contributed by atoms with van der Waals surface area (Å²) in [5.74, 6) is -0.422. The number of nitrogens with zero attached hydrogens (tertiary/aromatic N) is 1. The molecule has 1 amide bonds. The van der Waals surface area contributed by atoms with Crippen molar-refractivity contribution in [3.05, 3.63) is 71.2 Å². The average molecular weight is 382 g/mol. The molecule has 4 nitrogen and oxygen atoms in total. The number of aliphatic hydroxyl groups excluding tert-OH is 2. The largest absolute Gasteiger partial charge is 0.396 e. The van der Waals surface area contributed by atoms with Crippen molar-refractivity contribution in [3.8, 4) is 11.1 Å². The molecule has 2 N–H and O–H groups in total. The molecule has 4 rings (SSSR count). The zero-order valence-corrected chi connectivity index (χ0v) is 15.4. The van der Waals surface area contributed by atoms with Crippen molar-refractivity contribution < 1.29 is 15.0 Å². The molecular weight excluding hydrogens is 362 g/mol. The maximum Gasteiger partial charge on any atom is 0.254 e. The second-order valence-corrected chi connectivity index (χ2v) is 7.31. The summed E-state index contributed by atoms with van der Waals surface area (Å²) in [6, 6.07) is 19.2.